The topological polar surface area (TPSA) is 90.0 Å². The highest BCUT2D eigenvalue weighted by Crippen LogP contribution is 2.41. The second-order valence-corrected chi connectivity index (χ2v) is 9.83. The molecule has 0 amide bonds. The standard InChI is InChI=1S/C28H22N4O3S/c33-25-14-21(13-20-11-6-10-19-9-4-5-12-22(19)20)26(27-32(25)24(17-36-27)28(34)35)23-16-31(30-29-23)15-18-7-2-1-3-8-18/h1-12,14,16,24H,13,15,17H2,(H,34,35)/t24-/m0/s1. The molecule has 0 unspecified atom stereocenters. The van der Waals surface area contributed by atoms with Crippen LogP contribution < -0.4 is 5.56 Å². The monoisotopic (exact) mass is 494 g/mol. The number of hydrogen-bond acceptors (Lipinski definition) is 5. The van der Waals surface area contributed by atoms with Gasteiger partial charge in [0.2, 0.25) is 0 Å². The molecule has 0 saturated heterocycles. The Kier molecular flexibility index (Phi) is 5.65. The predicted octanol–water partition coefficient (Wildman–Crippen LogP) is 4.63. The van der Waals surface area contributed by atoms with Crippen molar-refractivity contribution in [2.24, 2.45) is 0 Å². The number of carbonyl (C=O) groups is 1. The zero-order chi connectivity index (χ0) is 24.6. The SMILES string of the molecule is O=C(O)[C@@H]1CSc2c(-c3cn(Cc4ccccc4)nn3)c(Cc3cccc4ccccc34)cc(=O)n21. The maximum atomic E-state index is 13.2. The van der Waals surface area contributed by atoms with E-state index in [-0.39, 0.29) is 5.56 Å². The maximum absolute atomic E-state index is 13.2. The molecule has 0 radical (unpaired) electrons. The van der Waals surface area contributed by atoms with Crippen LogP contribution in [0.2, 0.25) is 0 Å². The lowest BCUT2D eigenvalue weighted by Gasteiger charge is -2.16. The number of hydrogen-bond donors (Lipinski definition) is 1. The predicted molar refractivity (Wildman–Crippen MR) is 139 cm³/mol. The molecule has 0 saturated carbocycles. The summed E-state index contributed by atoms with van der Waals surface area (Å²) in [6.07, 6.45) is 2.39. The van der Waals surface area contributed by atoms with E-state index in [1.165, 1.54) is 16.3 Å². The Morgan fingerprint density at radius 2 is 1.78 bits per heavy atom. The van der Waals surface area contributed by atoms with Crippen molar-refractivity contribution in [3.8, 4) is 11.3 Å². The van der Waals surface area contributed by atoms with Crippen molar-refractivity contribution >= 4 is 28.5 Å². The van der Waals surface area contributed by atoms with Crippen molar-refractivity contribution in [3.05, 3.63) is 112 Å². The van der Waals surface area contributed by atoms with E-state index in [2.05, 4.69) is 34.6 Å². The van der Waals surface area contributed by atoms with Crippen LogP contribution in [0.1, 0.15) is 22.7 Å². The fraction of sp³-hybridized carbons (Fsp3) is 0.143. The Labute approximate surface area is 211 Å². The molecule has 5 aromatic rings. The van der Waals surface area contributed by atoms with Gasteiger partial charge in [-0.2, -0.15) is 0 Å². The Balaban J connectivity index is 1.49. The van der Waals surface area contributed by atoms with Crippen LogP contribution in [0.15, 0.2) is 94.9 Å². The number of carboxylic acid groups (broad SMARTS) is 1. The van der Waals surface area contributed by atoms with E-state index in [0.717, 1.165) is 33.0 Å². The molecule has 1 aliphatic heterocycles. The number of benzene rings is 3. The molecule has 0 bridgehead atoms. The van der Waals surface area contributed by atoms with Gasteiger partial charge in [0.25, 0.3) is 5.56 Å². The van der Waals surface area contributed by atoms with Gasteiger partial charge < -0.3 is 5.11 Å². The summed E-state index contributed by atoms with van der Waals surface area (Å²) in [4.78, 5) is 25.1. The molecule has 8 heteroatoms. The van der Waals surface area contributed by atoms with E-state index in [1.54, 1.807) is 10.7 Å². The third kappa shape index (κ3) is 3.99. The Hall–Kier alpha value is -4.17. The molecule has 1 atom stereocenters. The van der Waals surface area contributed by atoms with Crippen molar-refractivity contribution < 1.29 is 9.90 Å². The normalized spacial score (nSPS) is 14.7. The Morgan fingerprint density at radius 1 is 1.00 bits per heavy atom. The minimum absolute atomic E-state index is 0.299. The average Bonchev–Trinajstić information content (AvgIpc) is 3.53. The third-order valence-electron chi connectivity index (χ3n) is 6.51. The van der Waals surface area contributed by atoms with Crippen LogP contribution in [-0.4, -0.2) is 36.4 Å². The molecule has 0 fully saturated rings. The van der Waals surface area contributed by atoms with E-state index in [9.17, 15) is 14.7 Å². The van der Waals surface area contributed by atoms with Gasteiger partial charge in [-0.1, -0.05) is 78.0 Å². The zero-order valence-corrected chi connectivity index (χ0v) is 20.1. The molecule has 0 aliphatic carbocycles. The van der Waals surface area contributed by atoms with Gasteiger partial charge in [-0.3, -0.25) is 9.36 Å². The maximum Gasteiger partial charge on any atom is 0.327 e. The largest absolute Gasteiger partial charge is 0.480 e. The quantitative estimate of drug-likeness (QED) is 0.370. The van der Waals surface area contributed by atoms with E-state index in [1.807, 2.05) is 54.7 Å². The van der Waals surface area contributed by atoms with Crippen LogP contribution in [0.25, 0.3) is 22.0 Å². The summed E-state index contributed by atoms with van der Waals surface area (Å²) in [6, 6.07) is 25.0. The number of carboxylic acids is 1. The molecule has 3 aromatic carbocycles. The summed E-state index contributed by atoms with van der Waals surface area (Å²) in [5.41, 5.74) is 4.10. The van der Waals surface area contributed by atoms with Crippen LogP contribution in [0.4, 0.5) is 0 Å². The van der Waals surface area contributed by atoms with Gasteiger partial charge in [-0.25, -0.2) is 9.48 Å². The summed E-state index contributed by atoms with van der Waals surface area (Å²) in [5, 5.41) is 21.4. The lowest BCUT2D eigenvalue weighted by molar-refractivity contribution is -0.140. The molecular formula is C28H22N4O3S. The number of aliphatic carboxylic acids is 1. The first kappa shape index (κ1) is 22.3. The number of nitrogens with zero attached hydrogens (tertiary/aromatic N) is 4. The van der Waals surface area contributed by atoms with Crippen LogP contribution in [0.5, 0.6) is 0 Å². The van der Waals surface area contributed by atoms with Crippen LogP contribution in [0, 0.1) is 0 Å². The van der Waals surface area contributed by atoms with Gasteiger partial charge in [-0.05, 0) is 33.9 Å². The van der Waals surface area contributed by atoms with Crippen molar-refractivity contribution in [3.63, 3.8) is 0 Å². The first-order valence-corrected chi connectivity index (χ1v) is 12.6. The first-order valence-electron chi connectivity index (χ1n) is 11.6. The second kappa shape index (κ2) is 9.13. The summed E-state index contributed by atoms with van der Waals surface area (Å²) >= 11 is 1.39. The summed E-state index contributed by atoms with van der Waals surface area (Å²) in [6.45, 7) is 0.562. The van der Waals surface area contributed by atoms with Gasteiger partial charge in [-0.15, -0.1) is 16.9 Å². The third-order valence-corrected chi connectivity index (χ3v) is 7.66. The Morgan fingerprint density at radius 3 is 2.61 bits per heavy atom. The highest BCUT2D eigenvalue weighted by molar-refractivity contribution is 7.99. The smallest absolute Gasteiger partial charge is 0.327 e. The fourth-order valence-corrected chi connectivity index (χ4v) is 6.17. The molecule has 178 valence electrons. The van der Waals surface area contributed by atoms with E-state index >= 15 is 0 Å². The van der Waals surface area contributed by atoms with Crippen molar-refractivity contribution in [1.82, 2.24) is 19.6 Å². The molecule has 7 nitrogen and oxygen atoms in total. The molecule has 6 rings (SSSR count). The van der Waals surface area contributed by atoms with Gasteiger partial charge in [0.05, 0.1) is 17.8 Å². The van der Waals surface area contributed by atoms with Crippen LogP contribution in [0.3, 0.4) is 0 Å². The highest BCUT2D eigenvalue weighted by atomic mass is 32.2. The molecule has 3 heterocycles. The van der Waals surface area contributed by atoms with E-state index in [0.29, 0.717) is 29.4 Å². The number of pyridine rings is 1. The Bertz CT molecular complexity index is 1650. The molecule has 1 aliphatic rings. The number of rotatable bonds is 6. The minimum atomic E-state index is -1.01. The lowest BCUT2D eigenvalue weighted by Crippen LogP contribution is -2.29. The van der Waals surface area contributed by atoms with Crippen molar-refractivity contribution in [1.29, 1.82) is 0 Å². The minimum Gasteiger partial charge on any atom is -0.480 e. The van der Waals surface area contributed by atoms with Gasteiger partial charge in [0, 0.05) is 17.4 Å². The fourth-order valence-electron chi connectivity index (χ4n) is 4.83. The number of aromatic nitrogens is 4. The lowest BCUT2D eigenvalue weighted by atomic mass is 9.95. The van der Waals surface area contributed by atoms with Gasteiger partial charge in [0.15, 0.2) is 0 Å². The molecule has 36 heavy (non-hydrogen) atoms. The van der Waals surface area contributed by atoms with Crippen LogP contribution in [-0.2, 0) is 17.8 Å². The van der Waals surface area contributed by atoms with Gasteiger partial charge >= 0.3 is 5.97 Å². The molecule has 0 spiro atoms. The number of fused-ring (bicyclic) bond motifs is 2. The molecular weight excluding hydrogens is 472 g/mol. The first-order chi connectivity index (χ1) is 17.6. The van der Waals surface area contributed by atoms with Crippen molar-refractivity contribution in [2.75, 3.05) is 5.75 Å². The van der Waals surface area contributed by atoms with E-state index < -0.39 is 12.0 Å². The summed E-state index contributed by atoms with van der Waals surface area (Å²) in [5.74, 6) is -0.711. The molecule has 1 N–H and O–H groups in total. The summed E-state index contributed by atoms with van der Waals surface area (Å²) in [7, 11) is 0. The van der Waals surface area contributed by atoms with Gasteiger partial charge in [0.1, 0.15) is 11.7 Å². The molecule has 2 aromatic heterocycles. The zero-order valence-electron chi connectivity index (χ0n) is 19.2. The second-order valence-electron chi connectivity index (χ2n) is 8.83. The highest BCUT2D eigenvalue weighted by Gasteiger charge is 2.34. The number of thioether (sulfide) groups is 1. The van der Waals surface area contributed by atoms with Crippen LogP contribution >= 0.6 is 11.8 Å². The average molecular weight is 495 g/mol. The van der Waals surface area contributed by atoms with Crippen molar-refractivity contribution in [2.45, 2.75) is 24.0 Å². The van der Waals surface area contributed by atoms with E-state index in [4.69, 9.17) is 0 Å². The summed E-state index contributed by atoms with van der Waals surface area (Å²) < 4.78 is 3.16.